The summed E-state index contributed by atoms with van der Waals surface area (Å²) in [5.41, 5.74) is 1.42. The molecule has 0 heterocycles. The summed E-state index contributed by atoms with van der Waals surface area (Å²) in [6.07, 6.45) is 3.43. The van der Waals surface area contributed by atoms with Crippen molar-refractivity contribution in [3.63, 3.8) is 0 Å². The number of nitrogens with one attached hydrogen (secondary N) is 1. The van der Waals surface area contributed by atoms with Crippen molar-refractivity contribution < 1.29 is 4.55 Å². The Morgan fingerprint density at radius 2 is 1.83 bits per heavy atom. The number of rotatable bonds is 3. The van der Waals surface area contributed by atoms with Crippen molar-refractivity contribution in [2.45, 2.75) is 56.7 Å². The van der Waals surface area contributed by atoms with Crippen LogP contribution in [-0.4, -0.2) is 15.3 Å². The van der Waals surface area contributed by atoms with Gasteiger partial charge in [-0.1, -0.05) is 30.3 Å². The first-order chi connectivity index (χ1) is 8.47. The van der Waals surface area contributed by atoms with Gasteiger partial charge in [0, 0.05) is 11.4 Å². The van der Waals surface area contributed by atoms with Crippen LogP contribution in [0.4, 0.5) is 0 Å². The minimum Gasteiger partial charge on any atom is -0.598 e. The molecule has 0 saturated heterocycles. The van der Waals surface area contributed by atoms with Gasteiger partial charge in [-0.3, -0.25) is 0 Å². The third-order valence-electron chi connectivity index (χ3n) is 3.53. The Morgan fingerprint density at radius 3 is 2.44 bits per heavy atom. The van der Waals surface area contributed by atoms with E-state index in [1.165, 1.54) is 12.0 Å². The van der Waals surface area contributed by atoms with Crippen molar-refractivity contribution in [1.29, 1.82) is 0 Å². The van der Waals surface area contributed by atoms with E-state index in [0.29, 0.717) is 12.0 Å². The van der Waals surface area contributed by atoms with Crippen LogP contribution >= 0.6 is 0 Å². The normalized spacial score (nSPS) is 26.2. The number of hydrogen-bond acceptors (Lipinski definition) is 2. The van der Waals surface area contributed by atoms with E-state index in [1.54, 1.807) is 0 Å². The molecule has 0 radical (unpaired) electrons. The molecule has 0 spiro atoms. The topological polar surface area (TPSA) is 35.1 Å². The summed E-state index contributed by atoms with van der Waals surface area (Å²) in [4.78, 5) is 0. The third kappa shape index (κ3) is 3.50. The predicted octanol–water partition coefficient (Wildman–Crippen LogP) is 3.37. The number of benzene rings is 1. The fraction of sp³-hybridized carbons (Fsp3) is 0.600. The van der Waals surface area contributed by atoms with Crippen molar-refractivity contribution in [2.75, 3.05) is 0 Å². The molecule has 0 bridgehead atoms. The highest BCUT2D eigenvalue weighted by atomic mass is 32.2. The van der Waals surface area contributed by atoms with Crippen LogP contribution < -0.4 is 4.72 Å². The van der Waals surface area contributed by atoms with Gasteiger partial charge in [0.2, 0.25) is 0 Å². The Hall–Kier alpha value is -0.510. The van der Waals surface area contributed by atoms with Crippen LogP contribution in [0.1, 0.15) is 51.5 Å². The van der Waals surface area contributed by atoms with Gasteiger partial charge < -0.3 is 4.55 Å². The zero-order chi connectivity index (χ0) is 13.2. The fourth-order valence-electron chi connectivity index (χ4n) is 2.44. The van der Waals surface area contributed by atoms with Gasteiger partial charge in [0.05, 0.1) is 6.04 Å². The van der Waals surface area contributed by atoms with Crippen LogP contribution in [0.3, 0.4) is 0 Å². The van der Waals surface area contributed by atoms with Crippen molar-refractivity contribution >= 4 is 11.4 Å². The van der Waals surface area contributed by atoms with Crippen LogP contribution in [0.2, 0.25) is 0 Å². The first-order valence-corrected chi connectivity index (χ1v) is 7.85. The van der Waals surface area contributed by atoms with Gasteiger partial charge in [-0.05, 0) is 51.5 Å². The van der Waals surface area contributed by atoms with E-state index < -0.39 is 11.4 Å². The maximum atomic E-state index is 12.1. The lowest BCUT2D eigenvalue weighted by Crippen LogP contribution is -2.43. The highest BCUT2D eigenvalue weighted by Crippen LogP contribution is 2.35. The Morgan fingerprint density at radius 1 is 1.17 bits per heavy atom. The Balaban J connectivity index is 1.89. The minimum atomic E-state index is -0.948. The standard InChI is InChI=1S/C15H23NOS/c1-15(2,3)18(17)16-14-10-9-13(11-14)12-7-5-4-6-8-12/h4-8,13-14,16H,9-11H2,1-3H3/t13-,14-,18?/m1/s1. The molecule has 100 valence electrons. The van der Waals surface area contributed by atoms with Gasteiger partial charge in [0.1, 0.15) is 4.75 Å². The maximum Gasteiger partial charge on any atom is 0.136 e. The molecule has 3 heteroatoms. The summed E-state index contributed by atoms with van der Waals surface area (Å²) in [6.45, 7) is 6.04. The van der Waals surface area contributed by atoms with Crippen molar-refractivity contribution in [3.8, 4) is 0 Å². The van der Waals surface area contributed by atoms with Crippen LogP contribution in [-0.2, 0) is 11.4 Å². The summed E-state index contributed by atoms with van der Waals surface area (Å²) >= 11 is -0.948. The zero-order valence-electron chi connectivity index (χ0n) is 11.5. The minimum absolute atomic E-state index is 0.176. The van der Waals surface area contributed by atoms with Gasteiger partial charge in [0.25, 0.3) is 0 Å². The lowest BCUT2D eigenvalue weighted by molar-refractivity contribution is 0.518. The van der Waals surface area contributed by atoms with E-state index in [0.717, 1.165) is 12.8 Å². The van der Waals surface area contributed by atoms with E-state index in [2.05, 4.69) is 35.1 Å². The van der Waals surface area contributed by atoms with E-state index >= 15 is 0 Å². The zero-order valence-corrected chi connectivity index (χ0v) is 12.3. The molecule has 18 heavy (non-hydrogen) atoms. The maximum absolute atomic E-state index is 12.1. The van der Waals surface area contributed by atoms with E-state index in [-0.39, 0.29) is 4.75 Å². The monoisotopic (exact) mass is 265 g/mol. The molecule has 2 rings (SSSR count). The smallest absolute Gasteiger partial charge is 0.136 e. The van der Waals surface area contributed by atoms with Crippen molar-refractivity contribution in [1.82, 2.24) is 4.72 Å². The molecule has 1 aliphatic carbocycles. The third-order valence-corrected chi connectivity index (χ3v) is 5.19. The molecule has 1 aromatic carbocycles. The average molecular weight is 265 g/mol. The van der Waals surface area contributed by atoms with Gasteiger partial charge in [-0.15, -0.1) is 4.72 Å². The highest BCUT2D eigenvalue weighted by Gasteiger charge is 2.33. The van der Waals surface area contributed by atoms with Gasteiger partial charge in [-0.25, -0.2) is 0 Å². The summed E-state index contributed by atoms with van der Waals surface area (Å²) in [7, 11) is 0. The van der Waals surface area contributed by atoms with Gasteiger partial charge in [0.15, 0.2) is 0 Å². The molecule has 1 aliphatic rings. The summed E-state index contributed by atoms with van der Waals surface area (Å²) < 4.78 is 15.2. The second-order valence-electron chi connectivity index (χ2n) is 6.12. The first kappa shape index (κ1) is 13.9. The predicted molar refractivity (Wildman–Crippen MR) is 77.9 cm³/mol. The summed E-state index contributed by atoms with van der Waals surface area (Å²) in [5, 5.41) is 0. The summed E-state index contributed by atoms with van der Waals surface area (Å²) in [5.74, 6) is 0.626. The molecule has 1 saturated carbocycles. The van der Waals surface area contributed by atoms with E-state index in [1.807, 2.05) is 20.8 Å². The average Bonchev–Trinajstić information content (AvgIpc) is 2.77. The first-order valence-electron chi connectivity index (χ1n) is 6.70. The molecule has 0 aliphatic heterocycles. The lowest BCUT2D eigenvalue weighted by atomic mass is 9.98. The molecule has 3 atom stereocenters. The molecule has 1 fully saturated rings. The Labute approximate surface area is 113 Å². The molecule has 1 unspecified atom stereocenters. The van der Waals surface area contributed by atoms with Gasteiger partial charge in [-0.2, -0.15) is 0 Å². The fourth-order valence-corrected chi connectivity index (χ4v) is 3.32. The Kier molecular flexibility index (Phi) is 4.36. The molecular formula is C15H23NOS. The molecule has 0 aromatic heterocycles. The molecule has 2 nitrogen and oxygen atoms in total. The summed E-state index contributed by atoms with van der Waals surface area (Å²) in [6, 6.07) is 11.1. The lowest BCUT2D eigenvalue weighted by Gasteiger charge is -2.26. The van der Waals surface area contributed by atoms with Crippen molar-refractivity contribution in [3.05, 3.63) is 35.9 Å². The van der Waals surface area contributed by atoms with E-state index in [9.17, 15) is 4.55 Å². The largest absolute Gasteiger partial charge is 0.598 e. The highest BCUT2D eigenvalue weighted by molar-refractivity contribution is 7.90. The van der Waals surface area contributed by atoms with E-state index in [4.69, 9.17) is 0 Å². The molecule has 1 aromatic rings. The van der Waals surface area contributed by atoms with Crippen LogP contribution in [0.25, 0.3) is 0 Å². The Bertz CT molecular complexity index is 374. The van der Waals surface area contributed by atoms with Crippen LogP contribution in [0.5, 0.6) is 0 Å². The van der Waals surface area contributed by atoms with Crippen LogP contribution in [0, 0.1) is 0 Å². The second kappa shape index (κ2) is 5.64. The molecule has 1 N–H and O–H groups in total. The number of hydrogen-bond donors (Lipinski definition) is 1. The second-order valence-corrected chi connectivity index (χ2v) is 8.11. The molecular weight excluding hydrogens is 242 g/mol. The SMILES string of the molecule is CC(C)(C)[S+]([O-])N[C@@H]1CC[C@@H](c2ccccc2)C1. The van der Waals surface area contributed by atoms with Crippen molar-refractivity contribution in [2.24, 2.45) is 0 Å². The van der Waals surface area contributed by atoms with Crippen LogP contribution in [0.15, 0.2) is 30.3 Å². The molecule has 0 amide bonds. The quantitative estimate of drug-likeness (QED) is 0.850. The van der Waals surface area contributed by atoms with Gasteiger partial charge >= 0.3 is 0 Å².